The number of piperidine rings is 1. The first-order valence-corrected chi connectivity index (χ1v) is 6.59. The molecule has 2 N–H and O–H groups in total. The van der Waals surface area contributed by atoms with E-state index in [0.717, 1.165) is 13.0 Å². The Morgan fingerprint density at radius 3 is 2.63 bits per heavy atom. The van der Waals surface area contributed by atoms with Crippen molar-refractivity contribution in [1.29, 1.82) is 0 Å². The zero-order chi connectivity index (χ0) is 14.5. The van der Waals surface area contributed by atoms with Gasteiger partial charge in [-0.2, -0.15) is 0 Å². The number of carbonyl (C=O) groups excluding carboxylic acids is 2. The first-order valence-electron chi connectivity index (χ1n) is 6.59. The molecule has 0 aliphatic carbocycles. The van der Waals surface area contributed by atoms with E-state index in [1.807, 2.05) is 20.8 Å². The maximum absolute atomic E-state index is 11.7. The predicted molar refractivity (Wildman–Crippen MR) is 70.7 cm³/mol. The summed E-state index contributed by atoms with van der Waals surface area (Å²) in [4.78, 5) is 23.2. The third-order valence-corrected chi connectivity index (χ3v) is 3.02. The van der Waals surface area contributed by atoms with Crippen molar-refractivity contribution >= 4 is 12.1 Å². The molecule has 6 heteroatoms. The van der Waals surface area contributed by atoms with Crippen molar-refractivity contribution in [3.63, 3.8) is 0 Å². The molecule has 1 rings (SSSR count). The Morgan fingerprint density at radius 2 is 2.05 bits per heavy atom. The third-order valence-electron chi connectivity index (χ3n) is 3.02. The Balaban J connectivity index is 2.45. The molecule has 0 aromatic heterocycles. The number of amides is 1. The lowest BCUT2D eigenvalue weighted by molar-refractivity contribution is -0.148. The lowest BCUT2D eigenvalue weighted by Gasteiger charge is -2.30. The van der Waals surface area contributed by atoms with E-state index in [4.69, 9.17) is 9.47 Å². The van der Waals surface area contributed by atoms with Crippen molar-refractivity contribution < 1.29 is 19.1 Å². The molecule has 1 aliphatic heterocycles. The summed E-state index contributed by atoms with van der Waals surface area (Å²) in [6.07, 6.45) is 0.273. The standard InChI is InChI=1S/C13H24N2O4/c1-13(2,3)19-12(17)15-8-9-7-14-6-5-10(9)11(16)18-4/h9-10,14H,5-8H2,1-4H3,(H,15,17). The minimum Gasteiger partial charge on any atom is -0.469 e. The minimum atomic E-state index is -0.517. The average Bonchev–Trinajstić information content (AvgIpc) is 2.33. The van der Waals surface area contributed by atoms with Crippen LogP contribution >= 0.6 is 0 Å². The molecule has 6 nitrogen and oxygen atoms in total. The van der Waals surface area contributed by atoms with Crippen LogP contribution in [0.1, 0.15) is 27.2 Å². The van der Waals surface area contributed by atoms with E-state index in [-0.39, 0.29) is 17.8 Å². The van der Waals surface area contributed by atoms with Crippen LogP contribution in [-0.2, 0) is 14.3 Å². The molecule has 110 valence electrons. The normalized spacial score (nSPS) is 23.6. The van der Waals surface area contributed by atoms with Crippen LogP contribution in [0.2, 0.25) is 0 Å². The van der Waals surface area contributed by atoms with Gasteiger partial charge in [-0.15, -0.1) is 0 Å². The van der Waals surface area contributed by atoms with Crippen molar-refractivity contribution in [3.05, 3.63) is 0 Å². The molecular formula is C13H24N2O4. The van der Waals surface area contributed by atoms with Crippen LogP contribution in [0.5, 0.6) is 0 Å². The van der Waals surface area contributed by atoms with Gasteiger partial charge in [0.2, 0.25) is 0 Å². The number of carbonyl (C=O) groups is 2. The van der Waals surface area contributed by atoms with Crippen LogP contribution in [0.4, 0.5) is 4.79 Å². The highest BCUT2D eigenvalue weighted by Crippen LogP contribution is 2.20. The maximum atomic E-state index is 11.7. The average molecular weight is 272 g/mol. The fourth-order valence-electron chi connectivity index (χ4n) is 2.13. The van der Waals surface area contributed by atoms with E-state index in [0.29, 0.717) is 13.1 Å². The Kier molecular flexibility index (Phi) is 5.60. The maximum Gasteiger partial charge on any atom is 0.407 e. The molecule has 1 fully saturated rings. The number of ether oxygens (including phenoxy) is 2. The van der Waals surface area contributed by atoms with E-state index in [2.05, 4.69) is 10.6 Å². The lowest BCUT2D eigenvalue weighted by atomic mass is 9.86. The van der Waals surface area contributed by atoms with Crippen LogP contribution in [0.25, 0.3) is 0 Å². The molecule has 2 atom stereocenters. The van der Waals surface area contributed by atoms with E-state index < -0.39 is 11.7 Å². The second-order valence-corrected chi connectivity index (χ2v) is 5.77. The minimum absolute atomic E-state index is 0.0359. The van der Waals surface area contributed by atoms with Gasteiger partial charge in [0.1, 0.15) is 5.60 Å². The highest BCUT2D eigenvalue weighted by Gasteiger charge is 2.32. The molecule has 0 spiro atoms. The molecule has 0 radical (unpaired) electrons. The van der Waals surface area contributed by atoms with Crippen LogP contribution in [0, 0.1) is 11.8 Å². The number of rotatable bonds is 3. The van der Waals surface area contributed by atoms with Gasteiger partial charge in [-0.25, -0.2) is 4.79 Å². The van der Waals surface area contributed by atoms with Crippen molar-refractivity contribution in [2.45, 2.75) is 32.8 Å². The summed E-state index contributed by atoms with van der Waals surface area (Å²) in [5.41, 5.74) is -0.517. The Labute approximate surface area is 114 Å². The van der Waals surface area contributed by atoms with Gasteiger partial charge in [0.15, 0.2) is 0 Å². The summed E-state index contributed by atoms with van der Waals surface area (Å²) in [6, 6.07) is 0. The van der Waals surface area contributed by atoms with Gasteiger partial charge in [-0.05, 0) is 33.7 Å². The molecule has 2 unspecified atom stereocenters. The van der Waals surface area contributed by atoms with Gasteiger partial charge in [-0.3, -0.25) is 4.79 Å². The summed E-state index contributed by atoms with van der Waals surface area (Å²) in [7, 11) is 1.39. The largest absolute Gasteiger partial charge is 0.469 e. The molecule has 0 saturated carbocycles. The second-order valence-electron chi connectivity index (χ2n) is 5.77. The first-order chi connectivity index (χ1) is 8.83. The number of nitrogens with one attached hydrogen (secondary N) is 2. The van der Waals surface area contributed by atoms with Crippen molar-refractivity contribution in [2.75, 3.05) is 26.7 Å². The third kappa shape index (κ3) is 5.46. The molecule has 1 aliphatic rings. The molecule has 0 aromatic carbocycles. The topological polar surface area (TPSA) is 76.7 Å². The number of hydrogen-bond donors (Lipinski definition) is 2. The van der Waals surface area contributed by atoms with Gasteiger partial charge in [0.25, 0.3) is 0 Å². The summed E-state index contributed by atoms with van der Waals surface area (Å²) in [5, 5.41) is 5.92. The predicted octanol–water partition coefficient (Wildman–Crippen LogP) is 0.910. The highest BCUT2D eigenvalue weighted by molar-refractivity contribution is 5.73. The number of methoxy groups -OCH3 is 1. The summed E-state index contributed by atoms with van der Waals surface area (Å²) in [5.74, 6) is -0.340. The van der Waals surface area contributed by atoms with E-state index in [1.165, 1.54) is 7.11 Å². The fraction of sp³-hybridized carbons (Fsp3) is 0.846. The quantitative estimate of drug-likeness (QED) is 0.747. The Hall–Kier alpha value is -1.30. The smallest absolute Gasteiger partial charge is 0.407 e. The number of esters is 1. The molecule has 1 heterocycles. The van der Waals surface area contributed by atoms with Gasteiger partial charge < -0.3 is 20.1 Å². The van der Waals surface area contributed by atoms with Crippen molar-refractivity contribution in [1.82, 2.24) is 10.6 Å². The van der Waals surface area contributed by atoms with Gasteiger partial charge in [0, 0.05) is 19.0 Å². The number of alkyl carbamates (subject to hydrolysis) is 1. The van der Waals surface area contributed by atoms with Crippen molar-refractivity contribution in [3.8, 4) is 0 Å². The molecule has 0 bridgehead atoms. The summed E-state index contributed by atoms with van der Waals surface area (Å²) in [6.45, 7) is 7.32. The van der Waals surface area contributed by atoms with E-state index >= 15 is 0 Å². The van der Waals surface area contributed by atoms with Crippen LogP contribution in [-0.4, -0.2) is 44.4 Å². The summed E-state index contributed by atoms with van der Waals surface area (Å²) >= 11 is 0. The van der Waals surface area contributed by atoms with Crippen molar-refractivity contribution in [2.24, 2.45) is 11.8 Å². The molecule has 1 amide bonds. The van der Waals surface area contributed by atoms with Gasteiger partial charge in [-0.1, -0.05) is 0 Å². The van der Waals surface area contributed by atoms with Gasteiger partial charge in [0.05, 0.1) is 13.0 Å². The lowest BCUT2D eigenvalue weighted by Crippen LogP contribution is -2.46. The summed E-state index contributed by atoms with van der Waals surface area (Å²) < 4.78 is 9.96. The van der Waals surface area contributed by atoms with Crippen LogP contribution in [0.15, 0.2) is 0 Å². The Bertz CT molecular complexity index is 325. The monoisotopic (exact) mass is 272 g/mol. The van der Waals surface area contributed by atoms with Crippen LogP contribution in [0.3, 0.4) is 0 Å². The van der Waals surface area contributed by atoms with Gasteiger partial charge >= 0.3 is 12.1 Å². The number of hydrogen-bond acceptors (Lipinski definition) is 5. The highest BCUT2D eigenvalue weighted by atomic mass is 16.6. The van der Waals surface area contributed by atoms with Crippen LogP contribution < -0.4 is 10.6 Å². The molecule has 0 aromatic rings. The molecule has 19 heavy (non-hydrogen) atoms. The molecular weight excluding hydrogens is 248 g/mol. The fourth-order valence-corrected chi connectivity index (χ4v) is 2.13. The molecule has 1 saturated heterocycles. The SMILES string of the molecule is COC(=O)C1CCNCC1CNC(=O)OC(C)(C)C. The van der Waals surface area contributed by atoms with E-state index in [9.17, 15) is 9.59 Å². The first kappa shape index (κ1) is 15.8. The second kappa shape index (κ2) is 6.75. The zero-order valence-corrected chi connectivity index (χ0v) is 12.1. The zero-order valence-electron chi connectivity index (χ0n) is 12.1. The Morgan fingerprint density at radius 1 is 1.37 bits per heavy atom. The van der Waals surface area contributed by atoms with E-state index in [1.54, 1.807) is 0 Å².